The molecule has 2 N–H and O–H groups in total. The predicted octanol–water partition coefficient (Wildman–Crippen LogP) is 3.26. The van der Waals surface area contributed by atoms with Crippen LogP contribution in [0.25, 0.3) is 0 Å². The molecule has 0 heterocycles. The molecule has 14 heavy (non-hydrogen) atoms. The molecule has 1 aromatic rings. The third kappa shape index (κ3) is 3.40. The summed E-state index contributed by atoms with van der Waals surface area (Å²) in [5.41, 5.74) is 5.84. The molecule has 80 valence electrons. The third-order valence-electron chi connectivity index (χ3n) is 1.78. The van der Waals surface area contributed by atoms with Gasteiger partial charge in [-0.05, 0) is 18.6 Å². The standard InChI is InChI=1S/C9H10ClF2N.ClH/c10-6-1-2-7(8(12)5-6)9(13)3-4-11;/h1-2,5,9H,3-4,13H2;1H/t9-;/m0./s1. The second kappa shape index (κ2) is 6.17. The molecule has 0 radical (unpaired) electrons. The van der Waals surface area contributed by atoms with E-state index in [1.165, 1.54) is 18.2 Å². The Bertz CT molecular complexity index is 294. The maximum absolute atomic E-state index is 13.1. The third-order valence-corrected chi connectivity index (χ3v) is 2.02. The highest BCUT2D eigenvalue weighted by Crippen LogP contribution is 2.21. The Balaban J connectivity index is 0.00000169. The Morgan fingerprint density at radius 2 is 2.07 bits per heavy atom. The molecular formula is C9H11Cl2F2N. The molecule has 0 saturated heterocycles. The summed E-state index contributed by atoms with van der Waals surface area (Å²) in [5, 5.41) is 0.314. The van der Waals surface area contributed by atoms with Crippen LogP contribution in [0.5, 0.6) is 0 Å². The normalized spacial score (nSPS) is 12.0. The molecule has 0 aliphatic rings. The van der Waals surface area contributed by atoms with E-state index in [2.05, 4.69) is 0 Å². The smallest absolute Gasteiger partial charge is 0.129 e. The van der Waals surface area contributed by atoms with Gasteiger partial charge >= 0.3 is 0 Å². The Morgan fingerprint density at radius 3 is 2.57 bits per heavy atom. The molecule has 5 heteroatoms. The van der Waals surface area contributed by atoms with E-state index >= 15 is 0 Å². The lowest BCUT2D eigenvalue weighted by molar-refractivity contribution is 0.435. The number of hydrogen-bond donors (Lipinski definition) is 1. The van der Waals surface area contributed by atoms with Crippen molar-refractivity contribution in [2.75, 3.05) is 6.67 Å². The number of rotatable bonds is 3. The topological polar surface area (TPSA) is 26.0 Å². The number of benzene rings is 1. The Kier molecular flexibility index (Phi) is 6.00. The van der Waals surface area contributed by atoms with Crippen molar-refractivity contribution in [3.8, 4) is 0 Å². The van der Waals surface area contributed by atoms with E-state index in [9.17, 15) is 8.78 Å². The van der Waals surface area contributed by atoms with Gasteiger partial charge in [0.1, 0.15) is 5.82 Å². The van der Waals surface area contributed by atoms with Gasteiger partial charge in [0.05, 0.1) is 6.67 Å². The molecule has 1 rings (SSSR count). The highest BCUT2D eigenvalue weighted by Gasteiger charge is 2.10. The summed E-state index contributed by atoms with van der Waals surface area (Å²) < 4.78 is 25.0. The van der Waals surface area contributed by atoms with Gasteiger partial charge in [-0.2, -0.15) is 0 Å². The van der Waals surface area contributed by atoms with Crippen molar-refractivity contribution in [1.29, 1.82) is 0 Å². The highest BCUT2D eigenvalue weighted by molar-refractivity contribution is 6.30. The molecule has 0 saturated carbocycles. The molecule has 1 atom stereocenters. The van der Waals surface area contributed by atoms with Crippen molar-refractivity contribution in [3.05, 3.63) is 34.6 Å². The Morgan fingerprint density at radius 1 is 1.43 bits per heavy atom. The minimum atomic E-state index is -0.595. The van der Waals surface area contributed by atoms with Crippen LogP contribution in [-0.4, -0.2) is 6.67 Å². The first kappa shape index (κ1) is 13.6. The Labute approximate surface area is 92.7 Å². The summed E-state index contributed by atoms with van der Waals surface area (Å²) >= 11 is 5.54. The van der Waals surface area contributed by atoms with Crippen LogP contribution < -0.4 is 5.73 Å². The first-order valence-corrected chi connectivity index (χ1v) is 4.29. The fraction of sp³-hybridized carbons (Fsp3) is 0.333. The largest absolute Gasteiger partial charge is 0.324 e. The molecule has 1 nitrogen and oxygen atoms in total. The van der Waals surface area contributed by atoms with Gasteiger partial charge in [-0.1, -0.05) is 17.7 Å². The molecule has 0 bridgehead atoms. The fourth-order valence-electron chi connectivity index (χ4n) is 1.08. The van der Waals surface area contributed by atoms with E-state index in [4.69, 9.17) is 17.3 Å². The second-order valence-electron chi connectivity index (χ2n) is 2.75. The molecule has 0 spiro atoms. The monoisotopic (exact) mass is 241 g/mol. The van der Waals surface area contributed by atoms with Gasteiger partial charge in [0.25, 0.3) is 0 Å². The fourth-order valence-corrected chi connectivity index (χ4v) is 1.23. The summed E-state index contributed by atoms with van der Waals surface area (Å²) in [6, 6.07) is 3.60. The zero-order chi connectivity index (χ0) is 9.84. The molecule has 0 aromatic heterocycles. The summed E-state index contributed by atoms with van der Waals surface area (Å²) in [7, 11) is 0. The van der Waals surface area contributed by atoms with E-state index in [-0.39, 0.29) is 18.8 Å². The van der Waals surface area contributed by atoms with Gasteiger partial charge in [-0.25, -0.2) is 4.39 Å². The molecule has 0 aliphatic carbocycles. The van der Waals surface area contributed by atoms with Crippen LogP contribution in [-0.2, 0) is 0 Å². The summed E-state index contributed by atoms with van der Waals surface area (Å²) in [5.74, 6) is -0.478. The molecule has 0 amide bonds. The lowest BCUT2D eigenvalue weighted by atomic mass is 10.1. The summed E-state index contributed by atoms with van der Waals surface area (Å²) in [6.07, 6.45) is 0.124. The van der Waals surface area contributed by atoms with Crippen LogP contribution in [0, 0.1) is 5.82 Å². The average molecular weight is 242 g/mol. The van der Waals surface area contributed by atoms with E-state index in [0.717, 1.165) is 0 Å². The highest BCUT2D eigenvalue weighted by atomic mass is 35.5. The van der Waals surface area contributed by atoms with Crippen LogP contribution in [0.1, 0.15) is 18.0 Å². The molecule has 0 fully saturated rings. The average Bonchev–Trinajstić information content (AvgIpc) is 2.04. The van der Waals surface area contributed by atoms with Crippen molar-refractivity contribution in [2.45, 2.75) is 12.5 Å². The number of halogens is 4. The van der Waals surface area contributed by atoms with Crippen LogP contribution in [0.2, 0.25) is 5.02 Å². The van der Waals surface area contributed by atoms with Crippen molar-refractivity contribution in [2.24, 2.45) is 5.73 Å². The van der Waals surface area contributed by atoms with E-state index in [1.807, 2.05) is 0 Å². The minimum absolute atomic E-state index is 0. The van der Waals surface area contributed by atoms with Crippen LogP contribution in [0.15, 0.2) is 18.2 Å². The molecule has 0 unspecified atom stereocenters. The molecular weight excluding hydrogens is 231 g/mol. The second-order valence-corrected chi connectivity index (χ2v) is 3.19. The van der Waals surface area contributed by atoms with E-state index in [0.29, 0.717) is 10.6 Å². The zero-order valence-electron chi connectivity index (χ0n) is 7.34. The number of hydrogen-bond acceptors (Lipinski definition) is 1. The predicted molar refractivity (Wildman–Crippen MR) is 56.2 cm³/mol. The van der Waals surface area contributed by atoms with Gasteiger partial charge in [0, 0.05) is 16.6 Å². The molecule has 1 aromatic carbocycles. The van der Waals surface area contributed by atoms with Gasteiger partial charge in [0.15, 0.2) is 0 Å². The SMILES string of the molecule is Cl.N[C@@H](CCF)c1ccc(Cl)cc1F. The van der Waals surface area contributed by atoms with Crippen molar-refractivity contribution in [1.82, 2.24) is 0 Å². The van der Waals surface area contributed by atoms with Crippen LogP contribution in [0.3, 0.4) is 0 Å². The summed E-state index contributed by atoms with van der Waals surface area (Å²) in [6.45, 7) is -0.552. The quantitative estimate of drug-likeness (QED) is 0.864. The van der Waals surface area contributed by atoms with Gasteiger partial charge in [-0.15, -0.1) is 12.4 Å². The van der Waals surface area contributed by atoms with Crippen molar-refractivity contribution < 1.29 is 8.78 Å². The van der Waals surface area contributed by atoms with Gasteiger partial charge in [-0.3, -0.25) is 4.39 Å². The lowest BCUT2D eigenvalue weighted by Gasteiger charge is -2.10. The minimum Gasteiger partial charge on any atom is -0.324 e. The maximum atomic E-state index is 13.1. The summed E-state index contributed by atoms with van der Waals surface area (Å²) in [4.78, 5) is 0. The number of alkyl halides is 1. The van der Waals surface area contributed by atoms with Crippen LogP contribution in [0.4, 0.5) is 8.78 Å². The van der Waals surface area contributed by atoms with E-state index in [1.54, 1.807) is 0 Å². The van der Waals surface area contributed by atoms with Crippen LogP contribution >= 0.6 is 24.0 Å². The van der Waals surface area contributed by atoms with Gasteiger partial charge < -0.3 is 5.73 Å². The van der Waals surface area contributed by atoms with Crippen molar-refractivity contribution in [3.63, 3.8) is 0 Å². The van der Waals surface area contributed by atoms with Crippen molar-refractivity contribution >= 4 is 24.0 Å². The zero-order valence-corrected chi connectivity index (χ0v) is 8.92. The maximum Gasteiger partial charge on any atom is 0.129 e. The first-order valence-electron chi connectivity index (χ1n) is 3.91. The Hall–Kier alpha value is -0.380. The first-order chi connectivity index (χ1) is 6.15. The molecule has 0 aliphatic heterocycles. The van der Waals surface area contributed by atoms with Gasteiger partial charge in [0.2, 0.25) is 0 Å². The van der Waals surface area contributed by atoms with E-state index < -0.39 is 18.5 Å². The number of nitrogens with two attached hydrogens (primary N) is 1. The lowest BCUT2D eigenvalue weighted by Crippen LogP contribution is -2.12.